The van der Waals surface area contributed by atoms with E-state index < -0.39 is 0 Å². The Morgan fingerprint density at radius 3 is 2.76 bits per heavy atom. The molecule has 1 aliphatic rings. The molecule has 1 amide bonds. The van der Waals surface area contributed by atoms with E-state index in [1.54, 1.807) is 24.1 Å². The van der Waals surface area contributed by atoms with Gasteiger partial charge in [-0.05, 0) is 30.5 Å². The minimum absolute atomic E-state index is 0.0424. The number of nitrogens with zero attached hydrogens (tertiary/aromatic N) is 1. The van der Waals surface area contributed by atoms with Crippen LogP contribution in [0.4, 0.5) is 4.39 Å². The van der Waals surface area contributed by atoms with Crippen LogP contribution in [-0.2, 0) is 4.79 Å². The highest BCUT2D eigenvalue weighted by molar-refractivity contribution is 6.31. The molecule has 2 N–H and O–H groups in total. The number of halogens is 2. The molecule has 116 valence electrons. The minimum Gasteiger partial charge on any atom is -0.345 e. The Kier molecular flexibility index (Phi) is 4.59. The van der Waals surface area contributed by atoms with Gasteiger partial charge in [0, 0.05) is 36.0 Å². The molecule has 0 spiro atoms. The van der Waals surface area contributed by atoms with Gasteiger partial charge in [-0.15, -0.1) is 0 Å². The molecule has 0 aromatic heterocycles. The van der Waals surface area contributed by atoms with Gasteiger partial charge in [-0.25, -0.2) is 4.39 Å². The number of rotatable bonds is 5. The molecule has 21 heavy (non-hydrogen) atoms. The predicted octanol–water partition coefficient (Wildman–Crippen LogP) is 3.03. The summed E-state index contributed by atoms with van der Waals surface area (Å²) >= 11 is 6.06. The molecule has 2 atom stereocenters. The Hall–Kier alpha value is -1.13. The fourth-order valence-corrected chi connectivity index (χ4v) is 3.02. The largest absolute Gasteiger partial charge is 0.345 e. The average Bonchev–Trinajstić information content (AvgIpc) is 3.17. The topological polar surface area (TPSA) is 46.3 Å². The Balaban J connectivity index is 2.04. The van der Waals surface area contributed by atoms with Crippen molar-refractivity contribution in [3.63, 3.8) is 0 Å². The summed E-state index contributed by atoms with van der Waals surface area (Å²) in [5.74, 6) is -0.554. The first-order valence-electron chi connectivity index (χ1n) is 7.16. The summed E-state index contributed by atoms with van der Waals surface area (Å²) in [4.78, 5) is 14.1. The number of amides is 1. The van der Waals surface area contributed by atoms with E-state index in [1.807, 2.05) is 13.8 Å². The van der Waals surface area contributed by atoms with E-state index in [4.69, 9.17) is 17.3 Å². The fraction of sp³-hybridized carbons (Fsp3) is 0.562. The standard InChI is InChI=1S/C16H22ClFN2O/c1-16(2,8-19)9-20(3)15(21)11-7-10(11)14-12(17)5-4-6-13(14)18/h4-6,10-11H,7-9,19H2,1-3H3. The SMILES string of the molecule is CN(CC(C)(C)CN)C(=O)C1CC1c1c(F)cccc1Cl. The first-order valence-corrected chi connectivity index (χ1v) is 7.53. The number of hydrogen-bond donors (Lipinski definition) is 1. The van der Waals surface area contributed by atoms with Gasteiger partial charge in [-0.1, -0.05) is 31.5 Å². The van der Waals surface area contributed by atoms with E-state index in [1.165, 1.54) is 6.07 Å². The molecule has 1 fully saturated rings. The fourth-order valence-electron chi connectivity index (χ4n) is 2.72. The van der Waals surface area contributed by atoms with E-state index >= 15 is 0 Å². The molecule has 0 heterocycles. The first kappa shape index (κ1) is 16.2. The van der Waals surface area contributed by atoms with Gasteiger partial charge in [0.25, 0.3) is 0 Å². The molecule has 0 bridgehead atoms. The number of carbonyl (C=O) groups is 1. The first-order chi connectivity index (χ1) is 9.76. The van der Waals surface area contributed by atoms with Gasteiger partial charge in [-0.3, -0.25) is 4.79 Å². The zero-order valence-electron chi connectivity index (χ0n) is 12.7. The lowest BCUT2D eigenvalue weighted by atomic mass is 9.93. The predicted molar refractivity (Wildman–Crippen MR) is 82.7 cm³/mol. The number of nitrogens with two attached hydrogens (primary N) is 1. The molecule has 0 aliphatic heterocycles. The number of benzene rings is 1. The maximum atomic E-state index is 13.9. The minimum atomic E-state index is -0.326. The Morgan fingerprint density at radius 1 is 1.52 bits per heavy atom. The van der Waals surface area contributed by atoms with Gasteiger partial charge in [0.15, 0.2) is 0 Å². The van der Waals surface area contributed by atoms with Gasteiger partial charge in [0.05, 0.1) is 0 Å². The second kappa shape index (κ2) is 5.93. The molecular formula is C16H22ClFN2O. The normalized spacial score (nSPS) is 21.2. The lowest BCUT2D eigenvalue weighted by Crippen LogP contribution is -2.40. The van der Waals surface area contributed by atoms with Crippen LogP contribution in [0.25, 0.3) is 0 Å². The van der Waals surface area contributed by atoms with E-state index in [2.05, 4.69) is 0 Å². The second-order valence-corrected chi connectivity index (χ2v) is 7.05. The summed E-state index contributed by atoms with van der Waals surface area (Å²) in [5.41, 5.74) is 6.05. The van der Waals surface area contributed by atoms with Crippen LogP contribution < -0.4 is 5.73 Å². The molecule has 1 saturated carbocycles. The van der Waals surface area contributed by atoms with Crippen molar-refractivity contribution in [2.24, 2.45) is 17.1 Å². The molecule has 5 heteroatoms. The van der Waals surface area contributed by atoms with Gasteiger partial charge in [0.1, 0.15) is 5.82 Å². The molecule has 1 aliphatic carbocycles. The van der Waals surface area contributed by atoms with E-state index in [9.17, 15) is 9.18 Å². The highest BCUT2D eigenvalue weighted by Crippen LogP contribution is 2.51. The van der Waals surface area contributed by atoms with Crippen LogP contribution in [0, 0.1) is 17.2 Å². The summed E-state index contributed by atoms with van der Waals surface area (Å²) in [5, 5.41) is 0.403. The molecule has 2 unspecified atom stereocenters. The zero-order chi connectivity index (χ0) is 15.8. The lowest BCUT2D eigenvalue weighted by Gasteiger charge is -2.29. The van der Waals surface area contributed by atoms with E-state index in [0.717, 1.165) is 0 Å². The maximum absolute atomic E-state index is 13.9. The highest BCUT2D eigenvalue weighted by atomic mass is 35.5. The average molecular weight is 313 g/mol. The van der Waals surface area contributed by atoms with Crippen molar-refractivity contribution in [2.75, 3.05) is 20.1 Å². The van der Waals surface area contributed by atoms with Crippen molar-refractivity contribution in [3.8, 4) is 0 Å². The molecule has 0 radical (unpaired) electrons. The number of hydrogen-bond acceptors (Lipinski definition) is 2. The second-order valence-electron chi connectivity index (χ2n) is 6.65. The third-order valence-corrected chi connectivity index (χ3v) is 4.40. The Bertz CT molecular complexity index is 527. The third-order valence-electron chi connectivity index (χ3n) is 4.07. The third kappa shape index (κ3) is 3.55. The van der Waals surface area contributed by atoms with E-state index in [-0.39, 0.29) is 29.0 Å². The van der Waals surface area contributed by atoms with Crippen LogP contribution in [0.3, 0.4) is 0 Å². The summed E-state index contributed by atoms with van der Waals surface area (Å²) in [6.07, 6.45) is 0.660. The molecular weight excluding hydrogens is 291 g/mol. The maximum Gasteiger partial charge on any atom is 0.226 e. The van der Waals surface area contributed by atoms with Crippen molar-refractivity contribution >= 4 is 17.5 Å². The van der Waals surface area contributed by atoms with Crippen molar-refractivity contribution in [2.45, 2.75) is 26.2 Å². The van der Waals surface area contributed by atoms with Gasteiger partial charge in [0.2, 0.25) is 5.91 Å². The summed E-state index contributed by atoms with van der Waals surface area (Å²) in [6.45, 7) is 5.15. The lowest BCUT2D eigenvalue weighted by molar-refractivity contribution is -0.132. The smallest absolute Gasteiger partial charge is 0.226 e. The van der Waals surface area contributed by atoms with Gasteiger partial charge >= 0.3 is 0 Å². The summed E-state index contributed by atoms with van der Waals surface area (Å²) < 4.78 is 13.9. The molecule has 2 rings (SSSR count). The summed E-state index contributed by atoms with van der Waals surface area (Å²) in [6, 6.07) is 4.64. The molecule has 3 nitrogen and oxygen atoms in total. The van der Waals surface area contributed by atoms with Crippen molar-refractivity contribution in [1.29, 1.82) is 0 Å². The van der Waals surface area contributed by atoms with Crippen LogP contribution in [0.2, 0.25) is 5.02 Å². The van der Waals surface area contributed by atoms with Crippen LogP contribution in [0.1, 0.15) is 31.7 Å². The molecule has 1 aromatic carbocycles. The number of carbonyl (C=O) groups excluding carboxylic acids is 1. The zero-order valence-corrected chi connectivity index (χ0v) is 13.5. The van der Waals surface area contributed by atoms with Crippen LogP contribution >= 0.6 is 11.6 Å². The Morgan fingerprint density at radius 2 is 2.19 bits per heavy atom. The monoisotopic (exact) mass is 312 g/mol. The summed E-state index contributed by atoms with van der Waals surface area (Å²) in [7, 11) is 1.78. The molecule has 0 saturated heterocycles. The van der Waals surface area contributed by atoms with Crippen molar-refractivity contribution in [1.82, 2.24) is 4.90 Å². The van der Waals surface area contributed by atoms with Crippen molar-refractivity contribution in [3.05, 3.63) is 34.6 Å². The van der Waals surface area contributed by atoms with Crippen LogP contribution in [-0.4, -0.2) is 30.9 Å². The van der Waals surface area contributed by atoms with Crippen LogP contribution in [0.5, 0.6) is 0 Å². The molecule has 1 aromatic rings. The Labute approximate surface area is 130 Å². The van der Waals surface area contributed by atoms with Crippen LogP contribution in [0.15, 0.2) is 18.2 Å². The van der Waals surface area contributed by atoms with Gasteiger partial charge in [-0.2, -0.15) is 0 Å². The van der Waals surface area contributed by atoms with E-state index in [0.29, 0.717) is 30.1 Å². The quantitative estimate of drug-likeness (QED) is 0.908. The van der Waals surface area contributed by atoms with Gasteiger partial charge < -0.3 is 10.6 Å². The van der Waals surface area contributed by atoms with Crippen molar-refractivity contribution < 1.29 is 9.18 Å². The highest BCUT2D eigenvalue weighted by Gasteiger charge is 2.47.